The molecule has 6 nitrogen and oxygen atoms in total. The van der Waals surface area contributed by atoms with E-state index in [-0.39, 0.29) is 15.8 Å². The molecule has 0 aromatic heterocycles. The SMILES string of the molecule is CS(=O)(=O)c1ccc(NC(CN)C2CCCCC2)c(S(C)(=O)=O)c1. The Morgan fingerprint density at radius 3 is 2.21 bits per heavy atom. The summed E-state index contributed by atoms with van der Waals surface area (Å²) < 4.78 is 47.7. The van der Waals surface area contributed by atoms with Crippen LogP contribution in [0.4, 0.5) is 5.69 Å². The highest BCUT2D eigenvalue weighted by molar-refractivity contribution is 7.91. The summed E-state index contributed by atoms with van der Waals surface area (Å²) in [6.07, 6.45) is 7.84. The Hall–Kier alpha value is -1.12. The van der Waals surface area contributed by atoms with Crippen molar-refractivity contribution in [2.75, 3.05) is 24.4 Å². The van der Waals surface area contributed by atoms with Crippen LogP contribution in [0.25, 0.3) is 0 Å². The molecule has 0 bridgehead atoms. The summed E-state index contributed by atoms with van der Waals surface area (Å²) in [7, 11) is -7.04. The fraction of sp³-hybridized carbons (Fsp3) is 0.625. The van der Waals surface area contributed by atoms with Gasteiger partial charge in [0.05, 0.1) is 15.5 Å². The molecule has 1 aromatic carbocycles. The molecule has 2 rings (SSSR count). The largest absolute Gasteiger partial charge is 0.380 e. The van der Waals surface area contributed by atoms with Gasteiger partial charge in [0.1, 0.15) is 0 Å². The maximum Gasteiger partial charge on any atom is 0.177 e. The highest BCUT2D eigenvalue weighted by atomic mass is 32.2. The van der Waals surface area contributed by atoms with Gasteiger partial charge in [-0.2, -0.15) is 0 Å². The summed E-state index contributed by atoms with van der Waals surface area (Å²) in [6, 6.07) is 4.16. The van der Waals surface area contributed by atoms with E-state index in [1.54, 1.807) is 0 Å². The summed E-state index contributed by atoms with van der Waals surface area (Å²) in [5.74, 6) is 0.408. The lowest BCUT2D eigenvalue weighted by molar-refractivity contribution is 0.320. The Labute approximate surface area is 144 Å². The molecule has 3 N–H and O–H groups in total. The standard InChI is InChI=1S/C16H26N2O4S2/c1-23(19,20)13-8-9-14(16(10-13)24(2,21)22)18-15(11-17)12-6-4-3-5-7-12/h8-10,12,15,18H,3-7,11,17H2,1-2H3. The van der Waals surface area contributed by atoms with E-state index in [9.17, 15) is 16.8 Å². The summed E-state index contributed by atoms with van der Waals surface area (Å²) in [5, 5.41) is 3.25. The summed E-state index contributed by atoms with van der Waals surface area (Å²) in [4.78, 5) is -0.00451. The van der Waals surface area contributed by atoms with Crippen molar-refractivity contribution in [3.05, 3.63) is 18.2 Å². The van der Waals surface area contributed by atoms with Crippen LogP contribution in [0, 0.1) is 5.92 Å². The molecule has 1 atom stereocenters. The average molecular weight is 375 g/mol. The molecule has 0 spiro atoms. The van der Waals surface area contributed by atoms with E-state index in [0.29, 0.717) is 18.2 Å². The summed E-state index contributed by atoms with van der Waals surface area (Å²) in [6.45, 7) is 0.404. The Balaban J connectivity index is 2.38. The van der Waals surface area contributed by atoms with Crippen molar-refractivity contribution < 1.29 is 16.8 Å². The van der Waals surface area contributed by atoms with Gasteiger partial charge in [0.25, 0.3) is 0 Å². The first-order valence-electron chi connectivity index (χ1n) is 8.13. The minimum absolute atomic E-state index is 0.000292. The van der Waals surface area contributed by atoms with Crippen LogP contribution in [0.1, 0.15) is 32.1 Å². The first kappa shape index (κ1) is 19.2. The van der Waals surface area contributed by atoms with Gasteiger partial charge in [-0.25, -0.2) is 16.8 Å². The molecule has 1 saturated carbocycles. The van der Waals surface area contributed by atoms with Crippen molar-refractivity contribution in [2.24, 2.45) is 11.7 Å². The number of hydrogen-bond donors (Lipinski definition) is 2. The number of nitrogens with one attached hydrogen (secondary N) is 1. The maximum atomic E-state index is 12.1. The Morgan fingerprint density at radius 1 is 1.08 bits per heavy atom. The molecular formula is C16H26N2O4S2. The van der Waals surface area contributed by atoms with Gasteiger partial charge in [-0.3, -0.25) is 0 Å². The molecule has 1 aromatic rings. The number of anilines is 1. The lowest BCUT2D eigenvalue weighted by atomic mass is 9.84. The number of rotatable bonds is 6. The third-order valence-electron chi connectivity index (χ3n) is 4.59. The number of nitrogens with two attached hydrogens (primary N) is 1. The number of benzene rings is 1. The molecule has 1 fully saturated rings. The van der Waals surface area contributed by atoms with Gasteiger partial charge in [0, 0.05) is 25.1 Å². The van der Waals surface area contributed by atoms with Crippen LogP contribution in [-0.4, -0.2) is 41.9 Å². The first-order valence-corrected chi connectivity index (χ1v) is 11.9. The molecule has 0 aliphatic heterocycles. The van der Waals surface area contributed by atoms with E-state index in [4.69, 9.17) is 5.73 Å². The second-order valence-corrected chi connectivity index (χ2v) is 10.6. The van der Waals surface area contributed by atoms with Crippen molar-refractivity contribution in [3.8, 4) is 0 Å². The molecule has 0 amide bonds. The number of hydrogen-bond acceptors (Lipinski definition) is 6. The molecule has 0 radical (unpaired) electrons. The second-order valence-electron chi connectivity index (χ2n) is 6.59. The molecule has 1 aliphatic carbocycles. The van der Waals surface area contributed by atoms with E-state index >= 15 is 0 Å². The van der Waals surface area contributed by atoms with Crippen LogP contribution in [0.5, 0.6) is 0 Å². The third kappa shape index (κ3) is 4.70. The summed E-state index contributed by atoms with van der Waals surface area (Å²) in [5.41, 5.74) is 6.32. The zero-order chi connectivity index (χ0) is 18.0. The van der Waals surface area contributed by atoms with E-state index in [2.05, 4.69) is 5.32 Å². The van der Waals surface area contributed by atoms with Crippen molar-refractivity contribution in [2.45, 2.75) is 47.9 Å². The highest BCUT2D eigenvalue weighted by Crippen LogP contribution is 2.31. The average Bonchev–Trinajstić information content (AvgIpc) is 2.51. The molecule has 1 aliphatic rings. The normalized spacial score (nSPS) is 18.3. The Kier molecular flexibility index (Phi) is 5.93. The van der Waals surface area contributed by atoms with Gasteiger partial charge in [-0.1, -0.05) is 19.3 Å². The van der Waals surface area contributed by atoms with Crippen LogP contribution >= 0.6 is 0 Å². The predicted octanol–water partition coefficient (Wildman–Crippen LogP) is 1.81. The van der Waals surface area contributed by atoms with Gasteiger partial charge in [0.2, 0.25) is 0 Å². The van der Waals surface area contributed by atoms with Gasteiger partial charge in [-0.15, -0.1) is 0 Å². The van der Waals surface area contributed by atoms with Crippen LogP contribution in [0.2, 0.25) is 0 Å². The minimum atomic E-state index is -3.57. The smallest absolute Gasteiger partial charge is 0.177 e. The Bertz CT molecular complexity index is 782. The fourth-order valence-corrected chi connectivity index (χ4v) is 4.85. The van der Waals surface area contributed by atoms with Gasteiger partial charge < -0.3 is 11.1 Å². The monoisotopic (exact) mass is 374 g/mol. The van der Waals surface area contributed by atoms with Gasteiger partial charge in [0.15, 0.2) is 19.7 Å². The van der Waals surface area contributed by atoms with Crippen LogP contribution < -0.4 is 11.1 Å². The zero-order valence-corrected chi connectivity index (χ0v) is 15.8. The molecule has 0 heterocycles. The van der Waals surface area contributed by atoms with E-state index in [1.165, 1.54) is 24.6 Å². The van der Waals surface area contributed by atoms with Crippen molar-refractivity contribution in [1.82, 2.24) is 0 Å². The van der Waals surface area contributed by atoms with Crippen LogP contribution in [0.15, 0.2) is 28.0 Å². The Morgan fingerprint density at radius 2 is 1.71 bits per heavy atom. The summed E-state index contributed by atoms with van der Waals surface area (Å²) >= 11 is 0. The lowest BCUT2D eigenvalue weighted by Crippen LogP contribution is -2.37. The molecular weight excluding hydrogens is 348 g/mol. The second kappa shape index (κ2) is 7.41. The maximum absolute atomic E-state index is 12.1. The molecule has 1 unspecified atom stereocenters. The van der Waals surface area contributed by atoms with E-state index < -0.39 is 19.7 Å². The number of sulfone groups is 2. The van der Waals surface area contributed by atoms with Gasteiger partial charge >= 0.3 is 0 Å². The van der Waals surface area contributed by atoms with Crippen molar-refractivity contribution in [1.29, 1.82) is 0 Å². The topological polar surface area (TPSA) is 106 Å². The molecule has 8 heteroatoms. The highest BCUT2D eigenvalue weighted by Gasteiger charge is 2.25. The van der Waals surface area contributed by atoms with E-state index in [1.807, 2.05) is 0 Å². The van der Waals surface area contributed by atoms with Crippen LogP contribution in [-0.2, 0) is 19.7 Å². The molecule has 136 valence electrons. The van der Waals surface area contributed by atoms with Crippen molar-refractivity contribution >= 4 is 25.4 Å². The fourth-order valence-electron chi connectivity index (χ4n) is 3.26. The quantitative estimate of drug-likeness (QED) is 0.786. The van der Waals surface area contributed by atoms with Crippen molar-refractivity contribution in [3.63, 3.8) is 0 Å². The third-order valence-corrected chi connectivity index (χ3v) is 6.84. The zero-order valence-electron chi connectivity index (χ0n) is 14.2. The van der Waals surface area contributed by atoms with E-state index in [0.717, 1.165) is 38.2 Å². The van der Waals surface area contributed by atoms with Gasteiger partial charge in [-0.05, 0) is 37.0 Å². The lowest BCUT2D eigenvalue weighted by Gasteiger charge is -2.31. The first-order chi connectivity index (χ1) is 11.1. The molecule has 0 saturated heterocycles. The van der Waals surface area contributed by atoms with Crippen LogP contribution in [0.3, 0.4) is 0 Å². The minimum Gasteiger partial charge on any atom is -0.380 e. The molecule has 24 heavy (non-hydrogen) atoms. The predicted molar refractivity (Wildman–Crippen MR) is 95.7 cm³/mol.